The van der Waals surface area contributed by atoms with Crippen molar-refractivity contribution in [3.05, 3.63) is 0 Å². The first-order valence-corrected chi connectivity index (χ1v) is 5.80. The fourth-order valence-corrected chi connectivity index (χ4v) is 2.46. The molecule has 2 rings (SSSR count). The van der Waals surface area contributed by atoms with Crippen molar-refractivity contribution >= 4 is 5.84 Å². The van der Waals surface area contributed by atoms with E-state index in [0.29, 0.717) is 18.4 Å². The number of likely N-dealkylation sites (tertiary alicyclic amines) is 1. The molecule has 0 amide bonds. The molecule has 0 bridgehead atoms. The van der Waals surface area contributed by atoms with Gasteiger partial charge in [0.15, 0.2) is 5.84 Å². The van der Waals surface area contributed by atoms with Crippen LogP contribution >= 0.6 is 0 Å². The van der Waals surface area contributed by atoms with Crippen LogP contribution in [0, 0.1) is 0 Å². The van der Waals surface area contributed by atoms with Crippen LogP contribution in [0.15, 0.2) is 5.16 Å². The van der Waals surface area contributed by atoms with Crippen molar-refractivity contribution in [1.29, 1.82) is 0 Å². The van der Waals surface area contributed by atoms with Crippen molar-refractivity contribution in [1.82, 2.24) is 9.80 Å². The van der Waals surface area contributed by atoms with Gasteiger partial charge < -0.3 is 15.7 Å². The summed E-state index contributed by atoms with van der Waals surface area (Å²) in [6, 6.07) is 0.607. The lowest BCUT2D eigenvalue weighted by Crippen LogP contribution is -2.45. The van der Waals surface area contributed by atoms with Crippen LogP contribution in [0.5, 0.6) is 0 Å². The monoisotopic (exact) mass is 228 g/mol. The van der Waals surface area contributed by atoms with Gasteiger partial charge in [-0.25, -0.2) is 0 Å². The second-order valence-corrected chi connectivity index (χ2v) is 4.42. The van der Waals surface area contributed by atoms with Gasteiger partial charge in [0.1, 0.15) is 0 Å². The number of ether oxygens (including phenoxy) is 1. The average molecular weight is 228 g/mol. The summed E-state index contributed by atoms with van der Waals surface area (Å²) < 4.78 is 5.34. The minimum absolute atomic E-state index is 0.294. The van der Waals surface area contributed by atoms with Gasteiger partial charge in [0.25, 0.3) is 0 Å². The molecule has 1 unspecified atom stereocenters. The lowest BCUT2D eigenvalue weighted by Gasteiger charge is -2.32. The van der Waals surface area contributed by atoms with Gasteiger partial charge in [-0.05, 0) is 6.42 Å². The van der Waals surface area contributed by atoms with E-state index in [1.165, 1.54) is 6.42 Å². The molecule has 0 aromatic rings. The lowest BCUT2D eigenvalue weighted by molar-refractivity contribution is 0.0188. The Labute approximate surface area is 95.6 Å². The summed E-state index contributed by atoms with van der Waals surface area (Å²) in [6.07, 6.45) is 1.17. The maximum Gasteiger partial charge on any atom is 0.153 e. The highest BCUT2D eigenvalue weighted by molar-refractivity contribution is 5.81. The van der Waals surface area contributed by atoms with Gasteiger partial charge in [-0.15, -0.1) is 0 Å². The summed E-state index contributed by atoms with van der Waals surface area (Å²) in [4.78, 5) is 4.71. The van der Waals surface area contributed by atoms with Crippen molar-refractivity contribution in [2.24, 2.45) is 10.9 Å². The third kappa shape index (κ3) is 2.84. The number of amidine groups is 1. The van der Waals surface area contributed by atoms with Crippen LogP contribution in [-0.2, 0) is 4.74 Å². The normalized spacial score (nSPS) is 29.8. The van der Waals surface area contributed by atoms with E-state index in [-0.39, 0.29) is 0 Å². The molecule has 2 saturated heterocycles. The minimum Gasteiger partial charge on any atom is -0.409 e. The van der Waals surface area contributed by atoms with Gasteiger partial charge in [-0.2, -0.15) is 0 Å². The Morgan fingerprint density at radius 3 is 2.81 bits per heavy atom. The molecule has 16 heavy (non-hydrogen) atoms. The van der Waals surface area contributed by atoms with Crippen LogP contribution in [0.1, 0.15) is 6.42 Å². The zero-order valence-corrected chi connectivity index (χ0v) is 9.51. The van der Waals surface area contributed by atoms with Gasteiger partial charge in [0.05, 0.1) is 19.8 Å². The molecule has 2 aliphatic rings. The molecule has 6 heteroatoms. The molecule has 1 atom stereocenters. The minimum atomic E-state index is 0.294. The Hall–Kier alpha value is -0.850. The molecule has 0 aromatic heterocycles. The summed E-state index contributed by atoms with van der Waals surface area (Å²) >= 11 is 0. The van der Waals surface area contributed by atoms with Gasteiger partial charge >= 0.3 is 0 Å². The standard InChI is InChI=1S/C10H20N4O2/c11-10(12-15)8-13-2-1-9(7-13)14-3-5-16-6-4-14/h9,15H,1-8H2,(H2,11,12). The first-order valence-electron chi connectivity index (χ1n) is 5.80. The zero-order chi connectivity index (χ0) is 11.4. The Balaban J connectivity index is 1.78. The number of oxime groups is 1. The SMILES string of the molecule is NC(CN1CCC(N2CCOCC2)C1)=NO. The lowest BCUT2D eigenvalue weighted by atomic mass is 10.2. The van der Waals surface area contributed by atoms with Crippen LogP contribution < -0.4 is 5.73 Å². The molecule has 2 fully saturated rings. The molecule has 0 saturated carbocycles. The number of morpholine rings is 1. The predicted molar refractivity (Wildman–Crippen MR) is 60.6 cm³/mol. The van der Waals surface area contributed by atoms with Crippen LogP contribution in [-0.4, -0.2) is 72.8 Å². The molecule has 0 radical (unpaired) electrons. The summed E-state index contributed by atoms with van der Waals surface area (Å²) in [5.41, 5.74) is 5.50. The predicted octanol–water partition coefficient (Wildman–Crippen LogP) is -0.861. The van der Waals surface area contributed by atoms with E-state index in [4.69, 9.17) is 15.7 Å². The van der Waals surface area contributed by atoms with E-state index in [0.717, 1.165) is 39.4 Å². The van der Waals surface area contributed by atoms with Crippen LogP contribution in [0.25, 0.3) is 0 Å². The summed E-state index contributed by atoms with van der Waals surface area (Å²) in [6.45, 7) is 6.35. The van der Waals surface area contributed by atoms with Crippen LogP contribution in [0.3, 0.4) is 0 Å². The van der Waals surface area contributed by atoms with Crippen molar-refractivity contribution < 1.29 is 9.94 Å². The molecule has 6 nitrogen and oxygen atoms in total. The highest BCUT2D eigenvalue weighted by atomic mass is 16.5. The number of nitrogens with two attached hydrogens (primary N) is 1. The van der Waals surface area contributed by atoms with Gasteiger partial charge in [-0.3, -0.25) is 9.80 Å². The smallest absolute Gasteiger partial charge is 0.153 e. The Kier molecular flexibility index (Phi) is 3.98. The van der Waals surface area contributed by atoms with E-state index < -0.39 is 0 Å². The molecule has 3 N–H and O–H groups in total. The molecule has 2 aliphatic heterocycles. The maximum absolute atomic E-state index is 8.52. The Morgan fingerprint density at radius 2 is 2.12 bits per heavy atom. The van der Waals surface area contributed by atoms with Crippen molar-refractivity contribution in [2.75, 3.05) is 45.9 Å². The number of hydrogen-bond acceptors (Lipinski definition) is 5. The third-order valence-corrected chi connectivity index (χ3v) is 3.32. The topological polar surface area (TPSA) is 74.3 Å². The quantitative estimate of drug-likeness (QED) is 0.284. The highest BCUT2D eigenvalue weighted by Crippen LogP contribution is 2.16. The molecule has 0 spiro atoms. The van der Waals surface area contributed by atoms with E-state index >= 15 is 0 Å². The first kappa shape index (κ1) is 11.6. The van der Waals surface area contributed by atoms with Crippen molar-refractivity contribution in [3.63, 3.8) is 0 Å². The molecular weight excluding hydrogens is 208 g/mol. The largest absolute Gasteiger partial charge is 0.409 e. The molecule has 0 aromatic carbocycles. The van der Waals surface area contributed by atoms with Gasteiger partial charge in [0, 0.05) is 32.2 Å². The third-order valence-electron chi connectivity index (χ3n) is 3.32. The average Bonchev–Trinajstić information content (AvgIpc) is 2.78. The highest BCUT2D eigenvalue weighted by Gasteiger charge is 2.28. The summed E-state index contributed by atoms with van der Waals surface area (Å²) in [5, 5.41) is 11.5. The molecular formula is C10H20N4O2. The Bertz CT molecular complexity index is 253. The maximum atomic E-state index is 8.52. The second-order valence-electron chi connectivity index (χ2n) is 4.42. The summed E-state index contributed by atoms with van der Waals surface area (Å²) in [7, 11) is 0. The second kappa shape index (κ2) is 5.47. The van der Waals surface area contributed by atoms with Crippen LogP contribution in [0.4, 0.5) is 0 Å². The molecule has 0 aliphatic carbocycles. The zero-order valence-electron chi connectivity index (χ0n) is 9.51. The van der Waals surface area contributed by atoms with E-state index in [1.54, 1.807) is 0 Å². The first-order chi connectivity index (χ1) is 7.79. The number of rotatable bonds is 3. The number of hydrogen-bond donors (Lipinski definition) is 2. The molecule has 92 valence electrons. The fraction of sp³-hybridized carbons (Fsp3) is 0.900. The Morgan fingerprint density at radius 1 is 1.38 bits per heavy atom. The summed E-state index contributed by atoms with van der Waals surface area (Å²) in [5.74, 6) is 0.294. The van der Waals surface area contributed by atoms with Crippen molar-refractivity contribution in [2.45, 2.75) is 12.5 Å². The van der Waals surface area contributed by atoms with E-state index in [2.05, 4.69) is 15.0 Å². The fourth-order valence-electron chi connectivity index (χ4n) is 2.46. The van der Waals surface area contributed by atoms with Gasteiger partial charge in [-0.1, -0.05) is 5.16 Å². The van der Waals surface area contributed by atoms with E-state index in [1.807, 2.05) is 0 Å². The van der Waals surface area contributed by atoms with Crippen molar-refractivity contribution in [3.8, 4) is 0 Å². The van der Waals surface area contributed by atoms with Crippen LogP contribution in [0.2, 0.25) is 0 Å². The van der Waals surface area contributed by atoms with Gasteiger partial charge in [0.2, 0.25) is 0 Å². The van der Waals surface area contributed by atoms with E-state index in [9.17, 15) is 0 Å². The molecule has 2 heterocycles. The number of nitrogens with zero attached hydrogens (tertiary/aromatic N) is 3.